The van der Waals surface area contributed by atoms with Crippen molar-refractivity contribution in [2.24, 2.45) is 0 Å². The fourth-order valence-electron chi connectivity index (χ4n) is 4.17. The summed E-state index contributed by atoms with van der Waals surface area (Å²) in [6.45, 7) is 6.17. The Balaban J connectivity index is 1.78. The van der Waals surface area contributed by atoms with Gasteiger partial charge in [-0.2, -0.15) is 0 Å². The number of benzene rings is 2. The Morgan fingerprint density at radius 3 is 1.84 bits per heavy atom. The van der Waals surface area contributed by atoms with Crippen LogP contribution in [0.15, 0.2) is 36.4 Å². The zero-order chi connectivity index (χ0) is 26.6. The van der Waals surface area contributed by atoms with E-state index in [1.165, 1.54) is 0 Å². The summed E-state index contributed by atoms with van der Waals surface area (Å²) in [5, 5.41) is 0. The first kappa shape index (κ1) is 26.1. The highest BCUT2D eigenvalue weighted by molar-refractivity contribution is 5.81. The minimum Gasteiger partial charge on any atom is -0.493 e. The maximum atomic E-state index is 6.17. The van der Waals surface area contributed by atoms with E-state index in [0.717, 1.165) is 39.4 Å². The van der Waals surface area contributed by atoms with E-state index < -0.39 is 5.79 Å². The molecule has 0 radical (unpaired) electrons. The second kappa shape index (κ2) is 11.0. The molecule has 0 N–H and O–H groups in total. The summed E-state index contributed by atoms with van der Waals surface area (Å²) < 4.78 is 33.8. The topological polar surface area (TPSA) is 68.3 Å². The van der Waals surface area contributed by atoms with Gasteiger partial charge in [0.15, 0.2) is 28.7 Å². The second-order valence-corrected chi connectivity index (χ2v) is 8.99. The van der Waals surface area contributed by atoms with Crippen LogP contribution < -0.4 is 23.7 Å². The minimum atomic E-state index is -0.721. The van der Waals surface area contributed by atoms with Crippen LogP contribution in [0.5, 0.6) is 28.7 Å². The van der Waals surface area contributed by atoms with Crippen LogP contribution in [0.25, 0.3) is 24.3 Å². The molecule has 0 unspecified atom stereocenters. The lowest BCUT2D eigenvalue weighted by atomic mass is 10.00. The molecule has 0 atom stereocenters. The number of rotatable bonds is 8. The number of hydrogen-bond donors (Lipinski definition) is 0. The van der Waals surface area contributed by atoms with Crippen LogP contribution in [0.4, 0.5) is 0 Å². The van der Waals surface area contributed by atoms with Crippen molar-refractivity contribution in [2.75, 3.05) is 28.4 Å². The van der Waals surface area contributed by atoms with E-state index in [9.17, 15) is 0 Å². The molecule has 0 saturated carbocycles. The molecular formula is C30H33NO6. The van der Waals surface area contributed by atoms with Crippen LogP contribution in [0.2, 0.25) is 0 Å². The Labute approximate surface area is 218 Å². The lowest BCUT2D eigenvalue weighted by Crippen LogP contribution is -2.36. The van der Waals surface area contributed by atoms with Crippen molar-refractivity contribution >= 4 is 24.3 Å². The number of methoxy groups -OCH3 is 4. The van der Waals surface area contributed by atoms with Gasteiger partial charge in [0, 0.05) is 25.0 Å². The molecular weight excluding hydrogens is 470 g/mol. The van der Waals surface area contributed by atoms with Gasteiger partial charge in [-0.3, -0.25) is 0 Å². The first-order chi connectivity index (χ1) is 17.8. The minimum absolute atomic E-state index is 0.411. The maximum Gasteiger partial charge on any atom is 0.205 e. The summed E-state index contributed by atoms with van der Waals surface area (Å²) in [5.41, 5.74) is 5.40. The fourth-order valence-corrected chi connectivity index (χ4v) is 4.17. The second-order valence-electron chi connectivity index (χ2n) is 8.99. The smallest absolute Gasteiger partial charge is 0.205 e. The molecule has 3 aromatic rings. The lowest BCUT2D eigenvalue weighted by Gasteiger charge is -2.34. The molecule has 7 nitrogen and oxygen atoms in total. The number of fused-ring (bicyclic) bond motifs is 1. The average Bonchev–Trinajstić information content (AvgIpc) is 2.90. The van der Waals surface area contributed by atoms with Crippen molar-refractivity contribution in [1.82, 2.24) is 4.98 Å². The molecule has 4 rings (SSSR count). The van der Waals surface area contributed by atoms with Crippen LogP contribution in [-0.4, -0.2) is 39.2 Å². The third-order valence-electron chi connectivity index (χ3n) is 6.10. The largest absolute Gasteiger partial charge is 0.493 e. The molecule has 1 aromatic heterocycles. The van der Waals surface area contributed by atoms with Crippen molar-refractivity contribution in [3.05, 3.63) is 70.0 Å². The molecule has 194 valence electrons. The van der Waals surface area contributed by atoms with E-state index in [-0.39, 0.29) is 0 Å². The first-order valence-corrected chi connectivity index (χ1v) is 11.9. The van der Waals surface area contributed by atoms with E-state index in [4.69, 9.17) is 33.4 Å². The molecule has 0 spiro atoms. The van der Waals surface area contributed by atoms with Crippen LogP contribution in [-0.2, 0) is 11.3 Å². The van der Waals surface area contributed by atoms with E-state index in [2.05, 4.69) is 0 Å². The predicted octanol–water partition coefficient (Wildman–Crippen LogP) is 6.41. The predicted molar refractivity (Wildman–Crippen MR) is 145 cm³/mol. The molecule has 1 aliphatic heterocycles. The third kappa shape index (κ3) is 5.73. The van der Waals surface area contributed by atoms with Gasteiger partial charge in [0.2, 0.25) is 5.79 Å². The Kier molecular flexibility index (Phi) is 7.74. The van der Waals surface area contributed by atoms with E-state index in [0.29, 0.717) is 29.6 Å². The van der Waals surface area contributed by atoms with Crippen molar-refractivity contribution in [3.63, 3.8) is 0 Å². The molecule has 0 amide bonds. The first-order valence-electron chi connectivity index (χ1n) is 11.9. The number of ether oxygens (including phenoxy) is 6. The van der Waals surface area contributed by atoms with Gasteiger partial charge >= 0.3 is 0 Å². The van der Waals surface area contributed by atoms with Crippen molar-refractivity contribution < 1.29 is 28.4 Å². The van der Waals surface area contributed by atoms with Gasteiger partial charge in [0.25, 0.3) is 0 Å². The average molecular weight is 504 g/mol. The zero-order valence-electron chi connectivity index (χ0n) is 22.4. The van der Waals surface area contributed by atoms with E-state index >= 15 is 0 Å². The van der Waals surface area contributed by atoms with E-state index in [1.54, 1.807) is 28.4 Å². The molecule has 37 heavy (non-hydrogen) atoms. The SMILES string of the molecule is COc1ccc(/C=C\c2nc(C)c3c(c2/C=C\c2ccc(OC)c(OC)c2)COC(C)(C)O3)cc1OC. The highest BCUT2D eigenvalue weighted by Crippen LogP contribution is 2.38. The summed E-state index contributed by atoms with van der Waals surface area (Å²) in [6, 6.07) is 11.6. The lowest BCUT2D eigenvalue weighted by molar-refractivity contribution is -0.180. The number of pyridine rings is 1. The zero-order valence-corrected chi connectivity index (χ0v) is 22.4. The van der Waals surface area contributed by atoms with Gasteiger partial charge in [-0.1, -0.05) is 30.4 Å². The standard InChI is InChI=1S/C30H33NO6/c1-19-29-23(18-36-30(2,3)37-29)22(12-8-20-10-14-25(32-4)27(16-20)34-6)24(31-19)13-9-21-11-15-26(33-5)28(17-21)35-7/h8-17H,18H2,1-7H3/b12-8-,13-9-. The summed E-state index contributed by atoms with van der Waals surface area (Å²) in [5.74, 6) is 2.72. The number of nitrogens with zero attached hydrogens (tertiary/aromatic N) is 1. The Hall–Kier alpha value is -3.97. The number of hydrogen-bond acceptors (Lipinski definition) is 7. The van der Waals surface area contributed by atoms with Gasteiger partial charge in [0.05, 0.1) is 46.4 Å². The number of aryl methyl sites for hydroxylation is 1. The van der Waals surface area contributed by atoms with Crippen LogP contribution in [0.1, 0.15) is 47.5 Å². The number of aromatic nitrogens is 1. The van der Waals surface area contributed by atoms with Gasteiger partial charge in [0.1, 0.15) is 0 Å². The molecule has 0 aliphatic carbocycles. The van der Waals surface area contributed by atoms with Gasteiger partial charge < -0.3 is 28.4 Å². The van der Waals surface area contributed by atoms with Crippen molar-refractivity contribution in [2.45, 2.75) is 33.2 Å². The molecule has 1 aliphatic rings. The Morgan fingerprint density at radius 1 is 0.757 bits per heavy atom. The molecule has 7 heteroatoms. The summed E-state index contributed by atoms with van der Waals surface area (Å²) >= 11 is 0. The summed E-state index contributed by atoms with van der Waals surface area (Å²) in [6.07, 6.45) is 8.04. The van der Waals surface area contributed by atoms with Crippen molar-refractivity contribution in [3.8, 4) is 28.7 Å². The molecule has 0 bridgehead atoms. The fraction of sp³-hybridized carbons (Fsp3) is 0.300. The normalized spacial score (nSPS) is 14.4. The molecule has 0 saturated heterocycles. The van der Waals surface area contributed by atoms with Crippen LogP contribution in [0, 0.1) is 6.92 Å². The maximum absolute atomic E-state index is 6.17. The third-order valence-corrected chi connectivity index (χ3v) is 6.10. The summed E-state index contributed by atoms with van der Waals surface area (Å²) in [7, 11) is 6.49. The summed E-state index contributed by atoms with van der Waals surface area (Å²) in [4.78, 5) is 4.90. The molecule has 0 fully saturated rings. The molecule has 2 aromatic carbocycles. The van der Waals surface area contributed by atoms with Gasteiger partial charge in [-0.05, 0) is 48.4 Å². The Bertz CT molecular complexity index is 1340. The van der Waals surface area contributed by atoms with E-state index in [1.807, 2.05) is 81.5 Å². The quantitative estimate of drug-likeness (QED) is 0.352. The Morgan fingerprint density at radius 2 is 1.30 bits per heavy atom. The monoisotopic (exact) mass is 503 g/mol. The van der Waals surface area contributed by atoms with Gasteiger partial charge in [-0.25, -0.2) is 4.98 Å². The highest BCUT2D eigenvalue weighted by atomic mass is 16.7. The highest BCUT2D eigenvalue weighted by Gasteiger charge is 2.31. The van der Waals surface area contributed by atoms with Crippen LogP contribution in [0.3, 0.4) is 0 Å². The van der Waals surface area contributed by atoms with Crippen molar-refractivity contribution in [1.29, 1.82) is 0 Å². The van der Waals surface area contributed by atoms with Crippen LogP contribution >= 0.6 is 0 Å². The van der Waals surface area contributed by atoms with Gasteiger partial charge in [-0.15, -0.1) is 0 Å². The molecule has 2 heterocycles.